The van der Waals surface area contributed by atoms with Crippen molar-refractivity contribution in [3.8, 4) is 0 Å². The minimum absolute atomic E-state index is 0.393. The van der Waals surface area contributed by atoms with Gasteiger partial charge in [-0.15, -0.1) is 0 Å². The highest BCUT2D eigenvalue weighted by atomic mass is 17.2. The van der Waals surface area contributed by atoms with Crippen LogP contribution in [0.4, 0.5) is 0 Å². The third kappa shape index (κ3) is 4.02. The SMILES string of the molecule is C1CC(C2CCC(OCC3CO3)CC2)CCC1CC1COO1. The molecule has 2 aliphatic heterocycles. The molecule has 4 fully saturated rings. The van der Waals surface area contributed by atoms with Crippen molar-refractivity contribution in [1.82, 2.24) is 0 Å². The Balaban J connectivity index is 1.13. The van der Waals surface area contributed by atoms with Crippen molar-refractivity contribution in [1.29, 1.82) is 0 Å². The van der Waals surface area contributed by atoms with Crippen LogP contribution in [-0.2, 0) is 19.2 Å². The molecule has 4 rings (SSSR count). The van der Waals surface area contributed by atoms with Crippen LogP contribution >= 0.6 is 0 Å². The van der Waals surface area contributed by atoms with Gasteiger partial charge in [-0.2, -0.15) is 0 Å². The molecule has 0 aromatic carbocycles. The van der Waals surface area contributed by atoms with Crippen LogP contribution in [0.3, 0.4) is 0 Å². The van der Waals surface area contributed by atoms with Gasteiger partial charge in [-0.05, 0) is 62.7 Å². The minimum atomic E-state index is 0.393. The molecule has 0 bridgehead atoms. The molecule has 0 N–H and O–H groups in total. The van der Waals surface area contributed by atoms with Gasteiger partial charge < -0.3 is 9.47 Å². The van der Waals surface area contributed by atoms with Crippen LogP contribution in [-0.4, -0.2) is 38.1 Å². The van der Waals surface area contributed by atoms with Gasteiger partial charge >= 0.3 is 0 Å². The van der Waals surface area contributed by atoms with E-state index in [1.54, 1.807) is 0 Å². The average Bonchev–Trinajstić information content (AvgIpc) is 3.34. The molecule has 0 radical (unpaired) electrons. The van der Waals surface area contributed by atoms with E-state index in [1.807, 2.05) is 0 Å². The van der Waals surface area contributed by atoms with Crippen molar-refractivity contribution in [2.24, 2.45) is 17.8 Å². The molecule has 2 unspecified atom stereocenters. The second-order valence-corrected chi connectivity index (χ2v) is 7.84. The summed E-state index contributed by atoms with van der Waals surface area (Å²) in [6.07, 6.45) is 13.5. The largest absolute Gasteiger partial charge is 0.375 e. The van der Waals surface area contributed by atoms with Crippen LogP contribution in [0.15, 0.2) is 0 Å². The van der Waals surface area contributed by atoms with E-state index in [9.17, 15) is 0 Å². The zero-order valence-electron chi connectivity index (χ0n) is 13.6. The highest BCUT2D eigenvalue weighted by Crippen LogP contribution is 2.42. The van der Waals surface area contributed by atoms with Crippen molar-refractivity contribution in [2.45, 2.75) is 76.1 Å². The summed E-state index contributed by atoms with van der Waals surface area (Å²) in [6.45, 7) is 2.56. The number of hydrogen-bond acceptors (Lipinski definition) is 4. The summed E-state index contributed by atoms with van der Waals surface area (Å²) < 4.78 is 11.2. The summed E-state index contributed by atoms with van der Waals surface area (Å²) in [4.78, 5) is 9.93. The van der Waals surface area contributed by atoms with Crippen LogP contribution < -0.4 is 0 Å². The molecule has 2 atom stereocenters. The monoisotopic (exact) mass is 310 g/mol. The van der Waals surface area contributed by atoms with Gasteiger partial charge in [0.1, 0.15) is 18.8 Å². The molecule has 4 heteroatoms. The Morgan fingerprint density at radius 3 is 1.95 bits per heavy atom. The van der Waals surface area contributed by atoms with Crippen molar-refractivity contribution in [2.75, 3.05) is 19.8 Å². The third-order valence-corrected chi connectivity index (χ3v) is 6.25. The molecule has 0 aromatic rings. The van der Waals surface area contributed by atoms with Gasteiger partial charge in [-0.3, -0.25) is 0 Å². The molecule has 0 amide bonds. The lowest BCUT2D eigenvalue weighted by Gasteiger charge is -2.38. The summed E-state index contributed by atoms with van der Waals surface area (Å²) in [5, 5.41) is 0. The van der Waals surface area contributed by atoms with Gasteiger partial charge in [0.2, 0.25) is 0 Å². The Bertz CT molecular complexity index is 337. The molecule has 4 aliphatic rings. The van der Waals surface area contributed by atoms with E-state index in [4.69, 9.17) is 19.2 Å². The lowest BCUT2D eigenvalue weighted by atomic mass is 9.70. The summed E-state index contributed by atoms with van der Waals surface area (Å²) in [6, 6.07) is 0. The third-order valence-electron chi connectivity index (χ3n) is 6.25. The maximum absolute atomic E-state index is 5.97. The van der Waals surface area contributed by atoms with Crippen molar-refractivity contribution >= 4 is 0 Å². The van der Waals surface area contributed by atoms with Crippen molar-refractivity contribution < 1.29 is 19.2 Å². The van der Waals surface area contributed by atoms with Crippen LogP contribution in [0.25, 0.3) is 0 Å². The molecule has 22 heavy (non-hydrogen) atoms. The molecular formula is C18H30O4. The van der Waals surface area contributed by atoms with Crippen molar-refractivity contribution in [3.05, 3.63) is 0 Å². The fraction of sp³-hybridized carbons (Fsp3) is 1.00. The highest BCUT2D eigenvalue weighted by molar-refractivity contribution is 4.83. The zero-order valence-corrected chi connectivity index (χ0v) is 13.6. The zero-order chi connectivity index (χ0) is 14.8. The highest BCUT2D eigenvalue weighted by Gasteiger charge is 2.33. The predicted molar refractivity (Wildman–Crippen MR) is 82.3 cm³/mol. The van der Waals surface area contributed by atoms with Crippen LogP contribution in [0.1, 0.15) is 57.8 Å². The first-order valence-corrected chi connectivity index (χ1v) is 9.38. The molecular weight excluding hydrogens is 280 g/mol. The van der Waals surface area contributed by atoms with E-state index in [2.05, 4.69) is 0 Å². The van der Waals surface area contributed by atoms with E-state index in [-0.39, 0.29) is 0 Å². The van der Waals surface area contributed by atoms with Gasteiger partial charge in [0, 0.05) is 0 Å². The first-order chi connectivity index (χ1) is 10.9. The van der Waals surface area contributed by atoms with Gasteiger partial charge in [-0.25, -0.2) is 9.78 Å². The molecule has 0 spiro atoms. The number of hydrogen-bond donors (Lipinski definition) is 0. The van der Waals surface area contributed by atoms with E-state index < -0.39 is 0 Å². The van der Waals surface area contributed by atoms with E-state index in [0.717, 1.165) is 37.6 Å². The second kappa shape index (κ2) is 7.16. The van der Waals surface area contributed by atoms with E-state index >= 15 is 0 Å². The Morgan fingerprint density at radius 1 is 0.773 bits per heavy atom. The Morgan fingerprint density at radius 2 is 1.41 bits per heavy atom. The minimum Gasteiger partial charge on any atom is -0.375 e. The molecule has 2 saturated carbocycles. The smallest absolute Gasteiger partial charge is 0.120 e. The number of epoxide rings is 1. The Labute approximate surface area is 133 Å². The molecule has 2 aliphatic carbocycles. The van der Waals surface area contributed by atoms with Crippen LogP contribution in [0.5, 0.6) is 0 Å². The number of rotatable bonds is 6. The van der Waals surface area contributed by atoms with E-state index in [1.165, 1.54) is 57.8 Å². The summed E-state index contributed by atoms with van der Waals surface area (Å²) >= 11 is 0. The maximum Gasteiger partial charge on any atom is 0.120 e. The fourth-order valence-corrected chi connectivity index (χ4v) is 4.67. The first kappa shape index (κ1) is 15.4. The van der Waals surface area contributed by atoms with Gasteiger partial charge in [0.05, 0.1) is 19.3 Å². The molecule has 4 nitrogen and oxygen atoms in total. The summed E-state index contributed by atoms with van der Waals surface area (Å²) in [7, 11) is 0. The topological polar surface area (TPSA) is 40.2 Å². The lowest BCUT2D eigenvalue weighted by molar-refractivity contribution is -0.427. The van der Waals surface area contributed by atoms with Crippen molar-refractivity contribution in [3.63, 3.8) is 0 Å². The second-order valence-electron chi connectivity index (χ2n) is 7.84. The Hall–Kier alpha value is -0.160. The van der Waals surface area contributed by atoms with Gasteiger partial charge in [0.25, 0.3) is 0 Å². The molecule has 0 aromatic heterocycles. The Kier molecular flexibility index (Phi) is 5.01. The molecule has 2 saturated heterocycles. The fourth-order valence-electron chi connectivity index (χ4n) is 4.67. The maximum atomic E-state index is 5.97. The standard InChI is InChI=1S/C18H30O4/c1-3-14(4-2-13(1)9-17-12-21-22-17)15-5-7-16(8-6-15)19-10-18-11-20-18/h13-18H,1-12H2. The molecule has 2 heterocycles. The molecule has 126 valence electrons. The normalized spacial score (nSPS) is 45.3. The quantitative estimate of drug-likeness (QED) is 0.556. The summed E-state index contributed by atoms with van der Waals surface area (Å²) in [5.41, 5.74) is 0. The van der Waals surface area contributed by atoms with E-state index in [0.29, 0.717) is 18.3 Å². The van der Waals surface area contributed by atoms with Gasteiger partial charge in [0.15, 0.2) is 0 Å². The van der Waals surface area contributed by atoms with Crippen LogP contribution in [0.2, 0.25) is 0 Å². The van der Waals surface area contributed by atoms with Gasteiger partial charge in [-0.1, -0.05) is 12.8 Å². The number of ether oxygens (including phenoxy) is 2. The van der Waals surface area contributed by atoms with Crippen LogP contribution in [0, 0.1) is 17.8 Å². The first-order valence-electron chi connectivity index (χ1n) is 9.38. The predicted octanol–water partition coefficient (Wildman–Crippen LogP) is 3.49. The lowest BCUT2D eigenvalue weighted by Crippen LogP contribution is -2.34. The average molecular weight is 310 g/mol. The summed E-state index contributed by atoms with van der Waals surface area (Å²) in [5.74, 6) is 2.81.